The van der Waals surface area contributed by atoms with Crippen molar-refractivity contribution in [3.8, 4) is 0 Å². The van der Waals surface area contributed by atoms with Gasteiger partial charge in [-0.1, -0.05) is 18.7 Å². The minimum atomic E-state index is -0.996. The number of aromatic carboxylic acids is 1. The van der Waals surface area contributed by atoms with Gasteiger partial charge in [-0.25, -0.2) is 9.18 Å². The number of halogens is 1. The minimum absolute atomic E-state index is 0.207. The first-order valence-corrected chi connectivity index (χ1v) is 5.68. The maximum Gasteiger partial charge on any atom is 0.336 e. The van der Waals surface area contributed by atoms with E-state index in [9.17, 15) is 9.18 Å². The molecule has 0 aliphatic rings. The van der Waals surface area contributed by atoms with Crippen molar-refractivity contribution in [3.63, 3.8) is 0 Å². The highest BCUT2D eigenvalue weighted by atomic mass is 19.1. The lowest BCUT2D eigenvalue weighted by molar-refractivity contribution is 0.0696. The SMILES string of the molecule is C=C(Cc1cnccc1C(=O)O)c1ccc(F)cc1. The summed E-state index contributed by atoms with van der Waals surface area (Å²) in [6.45, 7) is 3.91. The highest BCUT2D eigenvalue weighted by Gasteiger charge is 2.11. The predicted molar refractivity (Wildman–Crippen MR) is 70.3 cm³/mol. The first-order valence-electron chi connectivity index (χ1n) is 5.68. The Kier molecular flexibility index (Phi) is 3.71. The molecule has 96 valence electrons. The topological polar surface area (TPSA) is 50.2 Å². The van der Waals surface area contributed by atoms with Crippen LogP contribution in [0.2, 0.25) is 0 Å². The Bertz CT molecular complexity index is 620. The molecule has 2 rings (SSSR count). The van der Waals surface area contributed by atoms with Gasteiger partial charge in [0.05, 0.1) is 5.56 Å². The van der Waals surface area contributed by atoms with Crippen molar-refractivity contribution >= 4 is 11.5 Å². The molecular weight excluding hydrogens is 245 g/mol. The number of carbonyl (C=O) groups is 1. The van der Waals surface area contributed by atoms with Crippen LogP contribution in [0, 0.1) is 5.82 Å². The van der Waals surface area contributed by atoms with Crippen LogP contribution in [0.25, 0.3) is 5.57 Å². The maximum atomic E-state index is 12.8. The van der Waals surface area contributed by atoms with Crippen molar-refractivity contribution in [1.29, 1.82) is 0 Å². The molecule has 0 aliphatic carbocycles. The second kappa shape index (κ2) is 5.44. The molecule has 4 heteroatoms. The molecule has 2 aromatic rings. The molecular formula is C15H12FNO2. The van der Waals surface area contributed by atoms with Gasteiger partial charge >= 0.3 is 5.97 Å². The number of allylic oxidation sites excluding steroid dienone is 1. The van der Waals surface area contributed by atoms with Crippen molar-refractivity contribution in [2.24, 2.45) is 0 Å². The zero-order valence-electron chi connectivity index (χ0n) is 10.1. The fraction of sp³-hybridized carbons (Fsp3) is 0.0667. The normalized spacial score (nSPS) is 10.2. The number of carboxylic acids is 1. The van der Waals surface area contributed by atoms with E-state index in [-0.39, 0.29) is 11.4 Å². The Morgan fingerprint density at radius 3 is 2.58 bits per heavy atom. The van der Waals surface area contributed by atoms with Crippen LogP contribution in [0.1, 0.15) is 21.5 Å². The zero-order valence-corrected chi connectivity index (χ0v) is 10.1. The highest BCUT2D eigenvalue weighted by molar-refractivity contribution is 5.89. The third kappa shape index (κ3) is 3.04. The van der Waals surface area contributed by atoms with Gasteiger partial charge in [0.25, 0.3) is 0 Å². The Labute approximate surface area is 110 Å². The Hall–Kier alpha value is -2.49. The molecule has 0 atom stereocenters. The summed E-state index contributed by atoms with van der Waals surface area (Å²) in [5.41, 5.74) is 2.29. The summed E-state index contributed by atoms with van der Waals surface area (Å²) in [6.07, 6.45) is 3.31. The van der Waals surface area contributed by atoms with E-state index in [2.05, 4.69) is 11.6 Å². The van der Waals surface area contributed by atoms with Crippen LogP contribution in [-0.2, 0) is 6.42 Å². The molecule has 0 radical (unpaired) electrons. The van der Waals surface area contributed by atoms with Crippen molar-refractivity contribution < 1.29 is 14.3 Å². The predicted octanol–water partition coefficient (Wildman–Crippen LogP) is 3.17. The quantitative estimate of drug-likeness (QED) is 0.915. The summed E-state index contributed by atoms with van der Waals surface area (Å²) in [5, 5.41) is 9.08. The Morgan fingerprint density at radius 1 is 1.26 bits per heavy atom. The molecule has 3 nitrogen and oxygen atoms in total. The molecule has 0 spiro atoms. The van der Waals surface area contributed by atoms with E-state index in [0.717, 1.165) is 11.1 Å². The molecule has 0 saturated heterocycles. The van der Waals surface area contributed by atoms with Crippen LogP contribution < -0.4 is 0 Å². The highest BCUT2D eigenvalue weighted by Crippen LogP contribution is 2.20. The van der Waals surface area contributed by atoms with Gasteiger partial charge in [0, 0.05) is 12.4 Å². The molecule has 1 N–H and O–H groups in total. The zero-order chi connectivity index (χ0) is 13.8. The third-order valence-corrected chi connectivity index (χ3v) is 2.79. The molecule has 0 aliphatic heterocycles. The van der Waals surface area contributed by atoms with Crippen LogP contribution in [0.15, 0.2) is 49.3 Å². The van der Waals surface area contributed by atoms with E-state index >= 15 is 0 Å². The van der Waals surface area contributed by atoms with Crippen LogP contribution in [0.3, 0.4) is 0 Å². The van der Waals surface area contributed by atoms with Gasteiger partial charge < -0.3 is 5.11 Å². The summed E-state index contributed by atoms with van der Waals surface area (Å²) in [7, 11) is 0. The molecule has 0 unspecified atom stereocenters. The van der Waals surface area contributed by atoms with Gasteiger partial charge in [-0.2, -0.15) is 0 Å². The van der Waals surface area contributed by atoms with E-state index in [1.54, 1.807) is 12.1 Å². The van der Waals surface area contributed by atoms with Gasteiger partial charge in [-0.3, -0.25) is 4.98 Å². The van der Waals surface area contributed by atoms with Crippen molar-refractivity contribution in [3.05, 3.63) is 71.8 Å². The van der Waals surface area contributed by atoms with Gasteiger partial charge in [0.2, 0.25) is 0 Å². The Balaban J connectivity index is 2.24. The first kappa shape index (κ1) is 13.0. The lowest BCUT2D eigenvalue weighted by Gasteiger charge is -2.08. The number of nitrogens with zero attached hydrogens (tertiary/aromatic N) is 1. The maximum absolute atomic E-state index is 12.8. The number of aromatic nitrogens is 1. The second-order valence-corrected chi connectivity index (χ2v) is 4.13. The lowest BCUT2D eigenvalue weighted by Crippen LogP contribution is -2.03. The fourth-order valence-electron chi connectivity index (χ4n) is 1.79. The fourth-order valence-corrected chi connectivity index (χ4v) is 1.79. The lowest BCUT2D eigenvalue weighted by atomic mass is 9.98. The molecule has 1 heterocycles. The summed E-state index contributed by atoms with van der Waals surface area (Å²) >= 11 is 0. The largest absolute Gasteiger partial charge is 0.478 e. The van der Waals surface area contributed by atoms with Crippen LogP contribution in [0.4, 0.5) is 4.39 Å². The molecule has 0 fully saturated rings. The average Bonchev–Trinajstić information content (AvgIpc) is 2.39. The molecule has 1 aromatic heterocycles. The van der Waals surface area contributed by atoms with E-state index < -0.39 is 5.97 Å². The molecule has 19 heavy (non-hydrogen) atoms. The molecule has 1 aromatic carbocycles. The smallest absolute Gasteiger partial charge is 0.336 e. The monoisotopic (exact) mass is 257 g/mol. The van der Waals surface area contributed by atoms with Gasteiger partial charge in [-0.15, -0.1) is 0 Å². The summed E-state index contributed by atoms with van der Waals surface area (Å²) < 4.78 is 12.8. The minimum Gasteiger partial charge on any atom is -0.478 e. The number of rotatable bonds is 4. The van der Waals surface area contributed by atoms with E-state index in [1.807, 2.05) is 0 Å². The van der Waals surface area contributed by atoms with Crippen molar-refractivity contribution in [2.45, 2.75) is 6.42 Å². The van der Waals surface area contributed by atoms with E-state index in [0.29, 0.717) is 12.0 Å². The molecule has 0 amide bonds. The van der Waals surface area contributed by atoms with Crippen molar-refractivity contribution in [1.82, 2.24) is 4.98 Å². The van der Waals surface area contributed by atoms with Crippen LogP contribution in [0.5, 0.6) is 0 Å². The number of carboxylic acid groups (broad SMARTS) is 1. The number of hydrogen-bond donors (Lipinski definition) is 1. The van der Waals surface area contributed by atoms with Gasteiger partial charge in [0.1, 0.15) is 5.82 Å². The molecule has 0 saturated carbocycles. The van der Waals surface area contributed by atoms with E-state index in [4.69, 9.17) is 5.11 Å². The van der Waals surface area contributed by atoms with Crippen molar-refractivity contribution in [2.75, 3.05) is 0 Å². The number of hydrogen-bond acceptors (Lipinski definition) is 2. The third-order valence-electron chi connectivity index (χ3n) is 2.79. The Morgan fingerprint density at radius 2 is 1.95 bits per heavy atom. The summed E-state index contributed by atoms with van der Waals surface area (Å²) in [4.78, 5) is 15.0. The summed E-state index contributed by atoms with van der Waals surface area (Å²) in [6, 6.07) is 7.39. The van der Waals surface area contributed by atoms with Crippen LogP contribution >= 0.6 is 0 Å². The number of benzene rings is 1. The van der Waals surface area contributed by atoms with E-state index in [1.165, 1.54) is 30.6 Å². The summed E-state index contributed by atoms with van der Waals surface area (Å²) in [5.74, 6) is -1.31. The number of pyridine rings is 1. The van der Waals surface area contributed by atoms with Gasteiger partial charge in [-0.05, 0) is 41.3 Å². The molecule has 0 bridgehead atoms. The van der Waals surface area contributed by atoms with Crippen LogP contribution in [-0.4, -0.2) is 16.1 Å². The van der Waals surface area contributed by atoms with Gasteiger partial charge in [0.15, 0.2) is 0 Å². The average molecular weight is 257 g/mol. The first-order chi connectivity index (χ1) is 9.08. The second-order valence-electron chi connectivity index (χ2n) is 4.13. The standard InChI is InChI=1S/C15H12FNO2/c1-10(11-2-4-13(16)5-3-11)8-12-9-17-7-6-14(12)15(18)19/h2-7,9H,1,8H2,(H,18,19).